The monoisotopic (exact) mass is 410 g/mol. The number of anilines is 2. The number of hydrogen-bond donors (Lipinski definition) is 1. The van der Waals surface area contributed by atoms with E-state index in [-0.39, 0.29) is 11.8 Å². The summed E-state index contributed by atoms with van der Waals surface area (Å²) < 4.78 is 0. The van der Waals surface area contributed by atoms with Crippen LogP contribution in [0.15, 0.2) is 78.5 Å². The first-order valence-corrected chi connectivity index (χ1v) is 10.7. The molecule has 2 amide bonds. The van der Waals surface area contributed by atoms with Crippen molar-refractivity contribution < 1.29 is 9.59 Å². The zero-order valence-electron chi connectivity index (χ0n) is 18.1. The molecule has 1 heterocycles. The quantitative estimate of drug-likeness (QED) is 0.545. The van der Waals surface area contributed by atoms with Crippen LogP contribution in [-0.4, -0.2) is 11.8 Å². The molecule has 4 rings (SSSR count). The van der Waals surface area contributed by atoms with E-state index in [1.165, 1.54) is 10.5 Å². The average molecular weight is 411 g/mol. The fourth-order valence-electron chi connectivity index (χ4n) is 3.72. The van der Waals surface area contributed by atoms with Crippen LogP contribution in [0.5, 0.6) is 0 Å². The number of amides is 2. The Hall–Kier alpha value is -3.66. The fraction of sp³-hybridized carbons (Fsp3) is 0.185. The van der Waals surface area contributed by atoms with Gasteiger partial charge in [-0.05, 0) is 60.7 Å². The summed E-state index contributed by atoms with van der Waals surface area (Å²) in [6.45, 7) is 6.17. The third-order valence-corrected chi connectivity index (χ3v) is 5.66. The summed E-state index contributed by atoms with van der Waals surface area (Å²) in [6, 6.07) is 23.2. The van der Waals surface area contributed by atoms with E-state index < -0.39 is 0 Å². The minimum atomic E-state index is -0.343. The topological polar surface area (TPSA) is 49.4 Å². The Morgan fingerprint density at radius 1 is 0.710 bits per heavy atom. The van der Waals surface area contributed by atoms with Crippen LogP contribution >= 0.6 is 0 Å². The number of benzene rings is 3. The second-order valence-corrected chi connectivity index (χ2v) is 7.76. The van der Waals surface area contributed by atoms with Crippen LogP contribution in [0.4, 0.5) is 11.4 Å². The average Bonchev–Trinajstić information content (AvgIpc) is 3.04. The summed E-state index contributed by atoms with van der Waals surface area (Å²) in [5.41, 5.74) is 6.24. The number of hydrogen-bond acceptors (Lipinski definition) is 3. The molecule has 3 aromatic rings. The third-order valence-electron chi connectivity index (χ3n) is 5.66. The minimum absolute atomic E-state index is 0.303. The molecule has 156 valence electrons. The Bertz CT molecular complexity index is 1140. The van der Waals surface area contributed by atoms with Crippen LogP contribution in [0.3, 0.4) is 0 Å². The van der Waals surface area contributed by atoms with Gasteiger partial charge in [0, 0.05) is 5.69 Å². The minimum Gasteiger partial charge on any atom is -0.350 e. The van der Waals surface area contributed by atoms with E-state index in [4.69, 9.17) is 0 Å². The number of carbonyl (C=O) groups excluding carboxylic acids is 2. The number of carbonyl (C=O) groups is 2. The number of aryl methyl sites for hydroxylation is 3. The Kier molecular flexibility index (Phi) is 5.72. The molecule has 3 aromatic carbocycles. The molecule has 0 atom stereocenters. The first kappa shape index (κ1) is 20.6. The van der Waals surface area contributed by atoms with Crippen molar-refractivity contribution >= 4 is 28.8 Å². The van der Waals surface area contributed by atoms with Crippen molar-refractivity contribution in [3.05, 3.63) is 101 Å². The standard InChI is InChI=1S/C27H26N2O2/c1-4-19-8-14-22(15-9-19)28-25-24(21-12-6-18(3)7-13-21)26(30)29(27(25)31)23-16-10-20(5-2)11-17-23/h6-17,28H,4-5H2,1-3H3. The molecular formula is C27H26N2O2. The highest BCUT2D eigenvalue weighted by Gasteiger charge is 2.40. The van der Waals surface area contributed by atoms with E-state index in [9.17, 15) is 9.59 Å². The lowest BCUT2D eigenvalue weighted by atomic mass is 10.0. The van der Waals surface area contributed by atoms with Crippen molar-refractivity contribution in [1.82, 2.24) is 0 Å². The number of imide groups is 1. The predicted octanol–water partition coefficient (Wildman–Crippen LogP) is 5.52. The highest BCUT2D eigenvalue weighted by atomic mass is 16.2. The Morgan fingerprint density at radius 3 is 1.81 bits per heavy atom. The van der Waals surface area contributed by atoms with Gasteiger partial charge in [-0.3, -0.25) is 9.59 Å². The van der Waals surface area contributed by atoms with Gasteiger partial charge in [-0.2, -0.15) is 0 Å². The maximum absolute atomic E-state index is 13.5. The van der Waals surface area contributed by atoms with E-state index >= 15 is 0 Å². The molecule has 1 aliphatic heterocycles. The molecule has 0 spiro atoms. The van der Waals surface area contributed by atoms with E-state index in [1.807, 2.05) is 79.7 Å². The van der Waals surface area contributed by atoms with Gasteiger partial charge < -0.3 is 5.32 Å². The molecule has 31 heavy (non-hydrogen) atoms. The summed E-state index contributed by atoms with van der Waals surface area (Å²) in [7, 11) is 0. The van der Waals surface area contributed by atoms with Gasteiger partial charge in [-0.1, -0.05) is 67.9 Å². The lowest BCUT2D eigenvalue weighted by molar-refractivity contribution is -0.120. The van der Waals surface area contributed by atoms with Gasteiger partial charge >= 0.3 is 0 Å². The lowest BCUT2D eigenvalue weighted by Gasteiger charge is -2.16. The Morgan fingerprint density at radius 2 is 1.26 bits per heavy atom. The number of nitrogens with zero attached hydrogens (tertiary/aromatic N) is 1. The molecule has 4 heteroatoms. The van der Waals surface area contributed by atoms with Crippen LogP contribution in [0.1, 0.15) is 36.1 Å². The van der Waals surface area contributed by atoms with Crippen molar-refractivity contribution in [3.8, 4) is 0 Å². The van der Waals surface area contributed by atoms with E-state index in [1.54, 1.807) is 0 Å². The van der Waals surface area contributed by atoms with Gasteiger partial charge in [-0.15, -0.1) is 0 Å². The second-order valence-electron chi connectivity index (χ2n) is 7.76. The first-order chi connectivity index (χ1) is 15.0. The van der Waals surface area contributed by atoms with Crippen LogP contribution in [0.2, 0.25) is 0 Å². The number of rotatable bonds is 6. The smallest absolute Gasteiger partial charge is 0.282 e. The first-order valence-electron chi connectivity index (χ1n) is 10.7. The van der Waals surface area contributed by atoms with Crippen molar-refractivity contribution in [2.75, 3.05) is 10.2 Å². The molecule has 1 aliphatic rings. The molecule has 0 radical (unpaired) electrons. The van der Waals surface area contributed by atoms with Gasteiger partial charge in [0.05, 0.1) is 11.3 Å². The molecular weight excluding hydrogens is 384 g/mol. The van der Waals surface area contributed by atoms with Gasteiger partial charge in [0.2, 0.25) is 0 Å². The van der Waals surface area contributed by atoms with Crippen LogP contribution in [0, 0.1) is 6.92 Å². The van der Waals surface area contributed by atoms with Crippen molar-refractivity contribution in [3.63, 3.8) is 0 Å². The zero-order valence-corrected chi connectivity index (χ0v) is 18.1. The van der Waals surface area contributed by atoms with Crippen LogP contribution in [0.25, 0.3) is 5.57 Å². The summed E-state index contributed by atoms with van der Waals surface area (Å²) in [6.07, 6.45) is 1.84. The predicted molar refractivity (Wildman–Crippen MR) is 126 cm³/mol. The molecule has 0 aromatic heterocycles. The van der Waals surface area contributed by atoms with E-state index in [0.29, 0.717) is 17.0 Å². The maximum atomic E-state index is 13.5. The summed E-state index contributed by atoms with van der Waals surface area (Å²) >= 11 is 0. The van der Waals surface area contributed by atoms with E-state index in [0.717, 1.165) is 35.2 Å². The fourth-order valence-corrected chi connectivity index (χ4v) is 3.72. The normalized spacial score (nSPS) is 13.8. The zero-order chi connectivity index (χ0) is 22.0. The maximum Gasteiger partial charge on any atom is 0.282 e. The molecule has 0 fully saturated rings. The Balaban J connectivity index is 1.77. The van der Waals surface area contributed by atoms with Gasteiger partial charge in [-0.25, -0.2) is 4.90 Å². The third kappa shape index (κ3) is 4.02. The van der Waals surface area contributed by atoms with Crippen LogP contribution < -0.4 is 10.2 Å². The summed E-state index contributed by atoms with van der Waals surface area (Å²) in [4.78, 5) is 28.2. The molecule has 0 aliphatic carbocycles. The number of nitrogens with one attached hydrogen (secondary N) is 1. The van der Waals surface area contributed by atoms with Gasteiger partial charge in [0.1, 0.15) is 5.70 Å². The Labute approximate surface area is 183 Å². The highest BCUT2D eigenvalue weighted by Crippen LogP contribution is 2.34. The van der Waals surface area contributed by atoms with Crippen molar-refractivity contribution in [2.45, 2.75) is 33.6 Å². The van der Waals surface area contributed by atoms with Crippen molar-refractivity contribution in [2.24, 2.45) is 0 Å². The van der Waals surface area contributed by atoms with Crippen LogP contribution in [-0.2, 0) is 22.4 Å². The molecule has 0 bridgehead atoms. The molecule has 1 N–H and O–H groups in total. The molecule has 0 saturated heterocycles. The SMILES string of the molecule is CCc1ccc(NC2=C(c3ccc(C)cc3)C(=O)N(c3ccc(CC)cc3)C2=O)cc1. The lowest BCUT2D eigenvalue weighted by Crippen LogP contribution is -2.32. The molecule has 0 saturated carbocycles. The summed E-state index contributed by atoms with van der Waals surface area (Å²) in [5.74, 6) is -0.657. The van der Waals surface area contributed by atoms with Gasteiger partial charge in [0.15, 0.2) is 0 Å². The molecule has 0 unspecified atom stereocenters. The van der Waals surface area contributed by atoms with Gasteiger partial charge in [0.25, 0.3) is 11.8 Å². The summed E-state index contributed by atoms with van der Waals surface area (Å²) in [5, 5.41) is 3.23. The van der Waals surface area contributed by atoms with Crippen molar-refractivity contribution in [1.29, 1.82) is 0 Å². The second kappa shape index (κ2) is 8.60. The highest BCUT2D eigenvalue weighted by molar-refractivity contribution is 6.46. The molecule has 4 nitrogen and oxygen atoms in total. The largest absolute Gasteiger partial charge is 0.350 e. The van der Waals surface area contributed by atoms with E-state index in [2.05, 4.69) is 19.2 Å².